The smallest absolute Gasteiger partial charge is 0.407 e. The highest BCUT2D eigenvalue weighted by atomic mass is 19.1. The quantitative estimate of drug-likeness (QED) is 0.729. The van der Waals surface area contributed by atoms with Gasteiger partial charge in [0.1, 0.15) is 18.0 Å². The summed E-state index contributed by atoms with van der Waals surface area (Å²) >= 11 is 0. The number of rotatable bonds is 7. The van der Waals surface area contributed by atoms with Crippen molar-refractivity contribution in [2.75, 3.05) is 13.8 Å². The molecule has 0 saturated carbocycles. The molecule has 7 heteroatoms. The van der Waals surface area contributed by atoms with E-state index < -0.39 is 30.3 Å². The largest absolute Gasteiger partial charge is 0.497 e. The lowest BCUT2D eigenvalue weighted by Gasteiger charge is -2.20. The van der Waals surface area contributed by atoms with Gasteiger partial charge in [0.25, 0.3) is 5.91 Å². The van der Waals surface area contributed by atoms with E-state index in [4.69, 9.17) is 9.47 Å². The van der Waals surface area contributed by atoms with Gasteiger partial charge < -0.3 is 20.1 Å². The summed E-state index contributed by atoms with van der Waals surface area (Å²) in [4.78, 5) is 24.7. The number of alkyl halides is 1. The fraction of sp³-hybridized carbons (Fsp3) is 0.364. The molecule has 0 fully saturated rings. The second-order valence-electron chi connectivity index (χ2n) is 7.47. The molecular weight excluding hydrogens is 375 g/mol. The Bertz CT molecular complexity index is 849. The molecular formula is C22H27FN2O4. The van der Waals surface area contributed by atoms with Crippen LogP contribution < -0.4 is 15.4 Å². The fourth-order valence-corrected chi connectivity index (χ4v) is 2.68. The maximum absolute atomic E-state index is 13.6. The average Bonchev–Trinajstić information content (AvgIpc) is 2.69. The van der Waals surface area contributed by atoms with Crippen LogP contribution in [0.3, 0.4) is 0 Å². The molecule has 0 heterocycles. The predicted octanol–water partition coefficient (Wildman–Crippen LogP) is 4.16. The molecule has 0 radical (unpaired) electrons. The Morgan fingerprint density at radius 1 is 1.10 bits per heavy atom. The Hall–Kier alpha value is -3.09. The van der Waals surface area contributed by atoms with Crippen LogP contribution in [0.4, 0.5) is 9.18 Å². The molecule has 2 aromatic carbocycles. The molecule has 2 N–H and O–H groups in total. The van der Waals surface area contributed by atoms with Crippen molar-refractivity contribution in [3.63, 3.8) is 0 Å². The van der Waals surface area contributed by atoms with Crippen molar-refractivity contribution in [3.8, 4) is 5.75 Å². The fourth-order valence-electron chi connectivity index (χ4n) is 2.68. The number of halogens is 1. The molecule has 6 nitrogen and oxygen atoms in total. The zero-order chi connectivity index (χ0) is 21.4. The van der Waals surface area contributed by atoms with E-state index in [0.29, 0.717) is 22.4 Å². The zero-order valence-electron chi connectivity index (χ0n) is 17.1. The molecule has 0 aliphatic rings. The Kier molecular flexibility index (Phi) is 7.59. The van der Waals surface area contributed by atoms with Gasteiger partial charge in [-0.1, -0.05) is 30.3 Å². The van der Waals surface area contributed by atoms with Gasteiger partial charge in [0.05, 0.1) is 13.2 Å². The second-order valence-corrected chi connectivity index (χ2v) is 7.47. The standard InChI is InChI=1S/C22H27FN2O4/c1-22(2,3)29-21(27)24-14-16-8-5-6-11-18(16)20(26)25-19(13-23)15-9-7-10-17(12-15)28-4/h5-12,19H,13-14H2,1-4H3,(H,24,27)(H,25,26). The highest BCUT2D eigenvalue weighted by molar-refractivity contribution is 5.96. The van der Waals surface area contributed by atoms with Gasteiger partial charge in [-0.15, -0.1) is 0 Å². The predicted molar refractivity (Wildman–Crippen MR) is 109 cm³/mol. The first-order chi connectivity index (χ1) is 13.7. The minimum Gasteiger partial charge on any atom is -0.497 e. The minimum atomic E-state index is -0.815. The first-order valence-corrected chi connectivity index (χ1v) is 9.29. The number of hydrogen-bond donors (Lipinski definition) is 2. The van der Waals surface area contributed by atoms with E-state index in [1.807, 2.05) is 0 Å². The lowest BCUT2D eigenvalue weighted by Crippen LogP contribution is -2.34. The normalized spacial score (nSPS) is 12.0. The Morgan fingerprint density at radius 2 is 1.83 bits per heavy atom. The van der Waals surface area contributed by atoms with Gasteiger partial charge in [-0.25, -0.2) is 9.18 Å². The Balaban J connectivity index is 2.11. The van der Waals surface area contributed by atoms with Crippen LogP contribution in [-0.2, 0) is 11.3 Å². The maximum Gasteiger partial charge on any atom is 0.407 e. The van der Waals surface area contributed by atoms with E-state index in [1.165, 1.54) is 7.11 Å². The van der Waals surface area contributed by atoms with E-state index in [-0.39, 0.29) is 6.54 Å². The summed E-state index contributed by atoms with van der Waals surface area (Å²) in [6.07, 6.45) is -0.578. The first-order valence-electron chi connectivity index (χ1n) is 9.29. The molecule has 0 aromatic heterocycles. The topological polar surface area (TPSA) is 76.7 Å². The van der Waals surface area contributed by atoms with Crippen molar-refractivity contribution in [3.05, 3.63) is 65.2 Å². The van der Waals surface area contributed by atoms with Crippen LogP contribution in [0.25, 0.3) is 0 Å². The van der Waals surface area contributed by atoms with Crippen molar-refractivity contribution in [1.82, 2.24) is 10.6 Å². The third-order valence-electron chi connectivity index (χ3n) is 4.04. The molecule has 2 aromatic rings. The minimum absolute atomic E-state index is 0.109. The molecule has 0 saturated heterocycles. The highest BCUT2D eigenvalue weighted by Gasteiger charge is 2.20. The number of carbonyl (C=O) groups is 2. The van der Waals surface area contributed by atoms with Gasteiger partial charge in [-0.05, 0) is 50.1 Å². The van der Waals surface area contributed by atoms with Gasteiger partial charge in [-0.2, -0.15) is 0 Å². The van der Waals surface area contributed by atoms with Crippen molar-refractivity contribution >= 4 is 12.0 Å². The number of amides is 2. The summed E-state index contributed by atoms with van der Waals surface area (Å²) in [5.41, 5.74) is 0.931. The van der Waals surface area contributed by atoms with E-state index in [0.717, 1.165) is 0 Å². The second kappa shape index (κ2) is 9.91. The van der Waals surface area contributed by atoms with Crippen LogP contribution in [0.2, 0.25) is 0 Å². The van der Waals surface area contributed by atoms with Gasteiger partial charge >= 0.3 is 6.09 Å². The lowest BCUT2D eigenvalue weighted by atomic mass is 10.0. The summed E-state index contributed by atoms with van der Waals surface area (Å²) < 4.78 is 24.0. The number of carbonyl (C=O) groups excluding carboxylic acids is 2. The summed E-state index contributed by atoms with van der Waals surface area (Å²) in [6.45, 7) is 4.64. The summed E-state index contributed by atoms with van der Waals surface area (Å²) in [6, 6.07) is 12.9. The molecule has 1 unspecified atom stereocenters. The van der Waals surface area contributed by atoms with Crippen LogP contribution in [0.1, 0.15) is 48.3 Å². The molecule has 1 atom stereocenters. The summed E-state index contributed by atoms with van der Waals surface area (Å²) in [5.74, 6) is 0.147. The SMILES string of the molecule is COc1cccc(C(CF)NC(=O)c2ccccc2CNC(=O)OC(C)(C)C)c1. The maximum atomic E-state index is 13.6. The van der Waals surface area contributed by atoms with Crippen molar-refractivity contribution in [2.24, 2.45) is 0 Å². The van der Waals surface area contributed by atoms with Gasteiger partial charge in [-0.3, -0.25) is 4.79 Å². The summed E-state index contributed by atoms with van der Waals surface area (Å²) in [5, 5.41) is 5.34. The Morgan fingerprint density at radius 3 is 2.48 bits per heavy atom. The molecule has 0 aliphatic carbocycles. The van der Waals surface area contributed by atoms with Crippen molar-refractivity contribution in [1.29, 1.82) is 0 Å². The average molecular weight is 402 g/mol. The van der Waals surface area contributed by atoms with Crippen molar-refractivity contribution in [2.45, 2.75) is 39.0 Å². The number of ether oxygens (including phenoxy) is 2. The van der Waals surface area contributed by atoms with Crippen LogP contribution in [-0.4, -0.2) is 31.4 Å². The number of alkyl carbamates (subject to hydrolysis) is 1. The van der Waals surface area contributed by atoms with E-state index in [2.05, 4.69) is 10.6 Å². The molecule has 29 heavy (non-hydrogen) atoms. The Labute approximate surface area is 170 Å². The van der Waals surface area contributed by atoms with Crippen LogP contribution in [0.5, 0.6) is 5.75 Å². The van der Waals surface area contributed by atoms with Crippen LogP contribution in [0.15, 0.2) is 48.5 Å². The third kappa shape index (κ3) is 6.78. The number of methoxy groups -OCH3 is 1. The lowest BCUT2D eigenvalue weighted by molar-refractivity contribution is 0.0522. The molecule has 2 rings (SSSR count). The van der Waals surface area contributed by atoms with Gasteiger partial charge in [0.2, 0.25) is 0 Å². The molecule has 0 bridgehead atoms. The highest BCUT2D eigenvalue weighted by Crippen LogP contribution is 2.21. The first kappa shape index (κ1) is 22.2. The third-order valence-corrected chi connectivity index (χ3v) is 4.04. The van der Waals surface area contributed by atoms with Gasteiger partial charge in [0.15, 0.2) is 0 Å². The molecule has 156 valence electrons. The number of benzene rings is 2. The summed E-state index contributed by atoms with van der Waals surface area (Å²) in [7, 11) is 1.52. The molecule has 0 spiro atoms. The van der Waals surface area contributed by atoms with Crippen molar-refractivity contribution < 1.29 is 23.5 Å². The van der Waals surface area contributed by atoms with Gasteiger partial charge in [0, 0.05) is 12.1 Å². The van der Waals surface area contributed by atoms with E-state index in [1.54, 1.807) is 69.3 Å². The monoisotopic (exact) mass is 402 g/mol. The molecule has 2 amide bonds. The molecule has 0 aliphatic heterocycles. The number of hydrogen-bond acceptors (Lipinski definition) is 4. The van der Waals surface area contributed by atoms with Crippen LogP contribution in [0, 0.1) is 0 Å². The van der Waals surface area contributed by atoms with E-state index in [9.17, 15) is 14.0 Å². The number of nitrogens with one attached hydrogen (secondary N) is 2. The van der Waals surface area contributed by atoms with Crippen LogP contribution >= 0.6 is 0 Å². The zero-order valence-corrected chi connectivity index (χ0v) is 17.1. The van der Waals surface area contributed by atoms with E-state index >= 15 is 0 Å².